The quantitative estimate of drug-likeness (QED) is 0.816. The molecule has 1 saturated heterocycles. The molecule has 1 aliphatic rings. The van der Waals surface area contributed by atoms with E-state index in [4.69, 9.17) is 16.3 Å². The van der Waals surface area contributed by atoms with E-state index in [1.165, 1.54) is 22.5 Å². The lowest BCUT2D eigenvalue weighted by atomic mass is 10.2. The number of benzene rings is 1. The monoisotopic (exact) mass is 414 g/mol. The number of thiophene rings is 1. The average molecular weight is 415 g/mol. The van der Waals surface area contributed by atoms with Crippen molar-refractivity contribution in [1.82, 2.24) is 9.62 Å². The molecule has 140 valence electrons. The Kier molecular flexibility index (Phi) is 5.99. The second-order valence-electron chi connectivity index (χ2n) is 5.87. The molecule has 26 heavy (non-hydrogen) atoms. The summed E-state index contributed by atoms with van der Waals surface area (Å²) in [5.41, 5.74) is 0.254. The number of hydrogen-bond donors (Lipinski definition) is 1. The first-order chi connectivity index (χ1) is 12.4. The third kappa shape index (κ3) is 4.10. The van der Waals surface area contributed by atoms with Gasteiger partial charge in [-0.1, -0.05) is 17.7 Å². The summed E-state index contributed by atoms with van der Waals surface area (Å²) in [4.78, 5) is 13.5. The fourth-order valence-corrected chi connectivity index (χ4v) is 5.30. The van der Waals surface area contributed by atoms with E-state index in [1.54, 1.807) is 11.3 Å². The summed E-state index contributed by atoms with van der Waals surface area (Å²) in [6, 6.07) is 7.99. The van der Waals surface area contributed by atoms with E-state index in [-0.39, 0.29) is 40.5 Å². The van der Waals surface area contributed by atoms with Gasteiger partial charge in [0.05, 0.1) is 24.3 Å². The van der Waals surface area contributed by atoms with Crippen molar-refractivity contribution >= 4 is 38.9 Å². The Labute approximate surface area is 161 Å². The van der Waals surface area contributed by atoms with Crippen LogP contribution in [0.25, 0.3) is 0 Å². The molecule has 0 bridgehead atoms. The zero-order valence-electron chi connectivity index (χ0n) is 14.1. The summed E-state index contributed by atoms with van der Waals surface area (Å²) in [5.74, 6) is -0.346. The van der Waals surface area contributed by atoms with Crippen molar-refractivity contribution in [3.05, 3.63) is 51.2 Å². The second-order valence-corrected chi connectivity index (χ2v) is 9.17. The van der Waals surface area contributed by atoms with Crippen molar-refractivity contribution in [2.24, 2.45) is 0 Å². The Morgan fingerprint density at radius 3 is 2.69 bits per heavy atom. The number of nitrogens with one attached hydrogen (secondary N) is 1. The molecule has 3 rings (SSSR count). The maximum absolute atomic E-state index is 12.8. The summed E-state index contributed by atoms with van der Waals surface area (Å²) in [7, 11) is -3.78. The molecule has 1 aliphatic heterocycles. The first-order valence-electron chi connectivity index (χ1n) is 8.11. The number of carbonyl (C=O) groups excluding carboxylic acids is 1. The van der Waals surface area contributed by atoms with Crippen LogP contribution in [0, 0.1) is 0 Å². The van der Waals surface area contributed by atoms with Gasteiger partial charge < -0.3 is 10.1 Å². The summed E-state index contributed by atoms with van der Waals surface area (Å²) < 4.78 is 32.2. The van der Waals surface area contributed by atoms with Gasteiger partial charge in [-0.25, -0.2) is 8.42 Å². The highest BCUT2D eigenvalue weighted by Crippen LogP contribution is 2.27. The van der Waals surface area contributed by atoms with Crippen molar-refractivity contribution in [3.8, 4) is 0 Å². The molecular weight excluding hydrogens is 396 g/mol. The molecule has 1 fully saturated rings. The van der Waals surface area contributed by atoms with Crippen LogP contribution < -0.4 is 5.32 Å². The number of morpholine rings is 1. The van der Waals surface area contributed by atoms with Crippen LogP contribution in [0.15, 0.2) is 40.6 Å². The van der Waals surface area contributed by atoms with Gasteiger partial charge in [0.1, 0.15) is 4.90 Å². The minimum atomic E-state index is -3.78. The van der Waals surface area contributed by atoms with Crippen molar-refractivity contribution in [2.75, 3.05) is 26.3 Å². The number of rotatable bonds is 5. The largest absolute Gasteiger partial charge is 0.379 e. The molecule has 0 unspecified atom stereocenters. The normalized spacial score (nSPS) is 17.0. The number of sulfonamides is 1. The minimum Gasteiger partial charge on any atom is -0.379 e. The average Bonchev–Trinajstić information content (AvgIpc) is 3.17. The van der Waals surface area contributed by atoms with Gasteiger partial charge in [0, 0.05) is 23.5 Å². The van der Waals surface area contributed by atoms with Crippen LogP contribution in [-0.2, 0) is 14.8 Å². The first-order valence-corrected chi connectivity index (χ1v) is 10.8. The molecule has 2 aromatic rings. The van der Waals surface area contributed by atoms with E-state index >= 15 is 0 Å². The lowest BCUT2D eigenvalue weighted by Gasteiger charge is -2.26. The third-order valence-corrected chi connectivity index (χ3v) is 7.53. The summed E-state index contributed by atoms with van der Waals surface area (Å²) in [5, 5.41) is 4.91. The fourth-order valence-electron chi connectivity index (χ4n) is 2.66. The Morgan fingerprint density at radius 1 is 1.31 bits per heavy atom. The van der Waals surface area contributed by atoms with Crippen molar-refractivity contribution < 1.29 is 17.9 Å². The molecule has 0 saturated carbocycles. The number of amides is 1. The lowest BCUT2D eigenvalue weighted by molar-refractivity contribution is 0.0730. The Hall–Kier alpha value is -1.45. The van der Waals surface area contributed by atoms with Crippen LogP contribution in [-0.4, -0.2) is 44.9 Å². The van der Waals surface area contributed by atoms with Crippen molar-refractivity contribution in [2.45, 2.75) is 17.9 Å². The highest BCUT2D eigenvalue weighted by Gasteiger charge is 2.29. The van der Waals surface area contributed by atoms with E-state index < -0.39 is 10.0 Å². The predicted octanol–water partition coefficient (Wildman–Crippen LogP) is 2.91. The molecule has 9 heteroatoms. The van der Waals surface area contributed by atoms with Crippen LogP contribution in [0.5, 0.6) is 0 Å². The molecule has 1 atom stereocenters. The van der Waals surface area contributed by atoms with Crippen LogP contribution in [0.4, 0.5) is 0 Å². The standard InChI is InChI=1S/C17H19ClN2O4S2/c1-12(15-3-2-10-25-15)19-17(21)13-4-5-14(18)16(11-13)26(22,23)20-6-8-24-9-7-20/h2-5,10-12H,6-9H2,1H3,(H,19,21)/t12-/m0/s1. The molecule has 1 N–H and O–H groups in total. The van der Waals surface area contributed by atoms with Gasteiger partial charge >= 0.3 is 0 Å². The summed E-state index contributed by atoms with van der Waals surface area (Å²) >= 11 is 7.67. The van der Waals surface area contributed by atoms with Crippen molar-refractivity contribution in [1.29, 1.82) is 0 Å². The number of hydrogen-bond acceptors (Lipinski definition) is 5. The van der Waals surface area contributed by atoms with Crippen LogP contribution >= 0.6 is 22.9 Å². The molecule has 0 aliphatic carbocycles. The number of halogens is 1. The van der Waals surface area contributed by atoms with Gasteiger partial charge in [-0.15, -0.1) is 11.3 Å². The second kappa shape index (κ2) is 8.06. The van der Waals surface area contributed by atoms with Gasteiger partial charge in [-0.3, -0.25) is 4.79 Å². The summed E-state index contributed by atoms with van der Waals surface area (Å²) in [6.07, 6.45) is 0. The maximum atomic E-state index is 12.8. The molecule has 0 radical (unpaired) electrons. The lowest BCUT2D eigenvalue weighted by Crippen LogP contribution is -2.40. The molecule has 1 aromatic heterocycles. The van der Waals surface area contributed by atoms with Gasteiger partial charge in [-0.2, -0.15) is 4.31 Å². The molecule has 6 nitrogen and oxygen atoms in total. The maximum Gasteiger partial charge on any atom is 0.251 e. The van der Waals surface area contributed by atoms with E-state index in [0.29, 0.717) is 13.2 Å². The highest BCUT2D eigenvalue weighted by molar-refractivity contribution is 7.89. The van der Waals surface area contributed by atoms with E-state index in [0.717, 1.165) is 4.88 Å². The molecule has 0 spiro atoms. The summed E-state index contributed by atoms with van der Waals surface area (Å²) in [6.45, 7) is 3.10. The van der Waals surface area contributed by atoms with E-state index in [9.17, 15) is 13.2 Å². The Morgan fingerprint density at radius 2 is 2.04 bits per heavy atom. The minimum absolute atomic E-state index is 0.0579. The zero-order chi connectivity index (χ0) is 18.7. The van der Waals surface area contributed by atoms with Crippen LogP contribution in [0.2, 0.25) is 5.02 Å². The zero-order valence-corrected chi connectivity index (χ0v) is 16.5. The highest BCUT2D eigenvalue weighted by atomic mass is 35.5. The smallest absolute Gasteiger partial charge is 0.251 e. The van der Waals surface area contributed by atoms with Gasteiger partial charge in [0.2, 0.25) is 10.0 Å². The van der Waals surface area contributed by atoms with Gasteiger partial charge in [-0.05, 0) is 36.6 Å². The number of carbonyl (C=O) groups is 1. The van der Waals surface area contributed by atoms with Gasteiger partial charge in [0.15, 0.2) is 0 Å². The first kappa shape index (κ1) is 19.3. The van der Waals surface area contributed by atoms with Crippen LogP contribution in [0.1, 0.15) is 28.2 Å². The van der Waals surface area contributed by atoms with Crippen molar-refractivity contribution in [3.63, 3.8) is 0 Å². The third-order valence-electron chi connectivity index (χ3n) is 4.10. The van der Waals surface area contributed by atoms with Gasteiger partial charge in [0.25, 0.3) is 5.91 Å². The topological polar surface area (TPSA) is 75.7 Å². The van der Waals surface area contributed by atoms with Crippen LogP contribution in [0.3, 0.4) is 0 Å². The Balaban J connectivity index is 1.84. The predicted molar refractivity (Wildman–Crippen MR) is 101 cm³/mol. The van der Waals surface area contributed by atoms with E-state index in [2.05, 4.69) is 5.32 Å². The SMILES string of the molecule is C[C@H](NC(=O)c1ccc(Cl)c(S(=O)(=O)N2CCOCC2)c1)c1cccs1. The molecule has 1 amide bonds. The molecule has 2 heterocycles. The molecular formula is C17H19ClN2O4S2. The fraction of sp³-hybridized carbons (Fsp3) is 0.353. The number of nitrogens with zero attached hydrogens (tertiary/aromatic N) is 1. The van der Waals surface area contributed by atoms with E-state index in [1.807, 2.05) is 24.4 Å². The molecule has 1 aromatic carbocycles. The Bertz CT molecular complexity index is 878. The number of ether oxygens (including phenoxy) is 1.